The molecule has 0 fully saturated rings. The topological polar surface area (TPSA) is 53.4 Å². The Morgan fingerprint density at radius 2 is 2.29 bits per heavy atom. The number of hydrogen-bond acceptors (Lipinski definition) is 3. The van der Waals surface area contributed by atoms with Crippen LogP contribution in [0.4, 0.5) is 5.69 Å². The van der Waals surface area contributed by atoms with Crippen molar-refractivity contribution in [2.45, 2.75) is 26.8 Å². The molecule has 0 aliphatic rings. The summed E-state index contributed by atoms with van der Waals surface area (Å²) >= 11 is 0. The van der Waals surface area contributed by atoms with Gasteiger partial charge in [-0.2, -0.15) is 0 Å². The van der Waals surface area contributed by atoms with E-state index >= 15 is 0 Å². The van der Waals surface area contributed by atoms with E-state index in [4.69, 9.17) is 5.11 Å². The zero-order valence-electron chi connectivity index (χ0n) is 10.5. The molecule has 0 saturated carbocycles. The van der Waals surface area contributed by atoms with E-state index in [1.54, 1.807) is 12.1 Å². The number of carboxylic acid groups (broad SMARTS) is 1. The summed E-state index contributed by atoms with van der Waals surface area (Å²) < 4.78 is 0. The van der Waals surface area contributed by atoms with Crippen molar-refractivity contribution in [3.8, 4) is 0 Å². The Labute approximate surface area is 102 Å². The van der Waals surface area contributed by atoms with Crippen molar-refractivity contribution in [3.05, 3.63) is 36.2 Å². The first-order valence-electron chi connectivity index (χ1n) is 5.54. The molecule has 1 rings (SSSR count). The second-order valence-electron chi connectivity index (χ2n) is 4.18. The number of carboxylic acids is 1. The van der Waals surface area contributed by atoms with Crippen LogP contribution < -0.4 is 4.90 Å². The number of aryl methyl sites for hydroxylation is 1. The van der Waals surface area contributed by atoms with Crippen molar-refractivity contribution < 1.29 is 9.90 Å². The molecule has 1 heterocycles. The fraction of sp³-hybridized carbons (Fsp3) is 0.385. The molecule has 0 aliphatic heterocycles. The lowest BCUT2D eigenvalue weighted by Crippen LogP contribution is -2.32. The molecule has 0 amide bonds. The van der Waals surface area contributed by atoms with Crippen molar-refractivity contribution in [1.82, 2.24) is 4.98 Å². The molecule has 0 aromatic carbocycles. The summed E-state index contributed by atoms with van der Waals surface area (Å²) in [6.45, 7) is 10.2. The van der Waals surface area contributed by atoms with E-state index in [9.17, 15) is 4.79 Å². The van der Waals surface area contributed by atoms with Crippen LogP contribution in [0.2, 0.25) is 0 Å². The third-order valence-electron chi connectivity index (χ3n) is 2.51. The largest absolute Gasteiger partial charge is 0.478 e. The van der Waals surface area contributed by atoms with Gasteiger partial charge in [0.05, 0.1) is 5.69 Å². The first-order chi connectivity index (χ1) is 7.97. The molecule has 0 radical (unpaired) electrons. The van der Waals surface area contributed by atoms with Crippen molar-refractivity contribution >= 4 is 11.7 Å². The quantitative estimate of drug-likeness (QED) is 0.795. The Bertz CT molecular complexity index is 427. The lowest BCUT2D eigenvalue weighted by molar-refractivity contribution is 0.0697. The summed E-state index contributed by atoms with van der Waals surface area (Å²) in [5.41, 5.74) is 1.73. The minimum Gasteiger partial charge on any atom is -0.478 e. The number of carbonyl (C=O) groups is 1. The molecule has 0 spiro atoms. The molecule has 1 N–H and O–H groups in total. The highest BCUT2D eigenvalue weighted by Gasteiger charge is 2.18. The highest BCUT2D eigenvalue weighted by molar-refractivity contribution is 5.94. The van der Waals surface area contributed by atoms with E-state index in [0.29, 0.717) is 12.2 Å². The van der Waals surface area contributed by atoms with Gasteiger partial charge >= 0.3 is 5.97 Å². The van der Waals surface area contributed by atoms with Crippen LogP contribution in [0.5, 0.6) is 0 Å². The van der Waals surface area contributed by atoms with Gasteiger partial charge in [0.1, 0.15) is 5.56 Å². The summed E-state index contributed by atoms with van der Waals surface area (Å²) in [6.07, 6.45) is 3.17. The molecular weight excluding hydrogens is 216 g/mol. The molecule has 4 nitrogen and oxygen atoms in total. The molecule has 0 saturated heterocycles. The maximum Gasteiger partial charge on any atom is 0.339 e. The van der Waals surface area contributed by atoms with E-state index in [1.165, 1.54) is 6.20 Å². The minimum atomic E-state index is -0.956. The monoisotopic (exact) mass is 234 g/mol. The summed E-state index contributed by atoms with van der Waals surface area (Å²) in [7, 11) is 0. The van der Waals surface area contributed by atoms with Gasteiger partial charge in [0.25, 0.3) is 0 Å². The molecule has 1 aromatic heterocycles. The van der Waals surface area contributed by atoms with Gasteiger partial charge in [-0.05, 0) is 26.8 Å². The fourth-order valence-corrected chi connectivity index (χ4v) is 1.67. The number of pyridine rings is 1. The average Bonchev–Trinajstić information content (AvgIpc) is 2.24. The molecule has 0 unspecified atom stereocenters. The smallest absolute Gasteiger partial charge is 0.339 e. The maximum absolute atomic E-state index is 11.2. The summed E-state index contributed by atoms with van der Waals surface area (Å²) in [5.74, 6) is -0.956. The molecule has 0 atom stereocenters. The summed E-state index contributed by atoms with van der Waals surface area (Å²) in [4.78, 5) is 17.2. The Balaban J connectivity index is 3.28. The van der Waals surface area contributed by atoms with Crippen molar-refractivity contribution in [1.29, 1.82) is 0 Å². The number of anilines is 1. The molecule has 4 heteroatoms. The van der Waals surface area contributed by atoms with E-state index < -0.39 is 5.97 Å². The van der Waals surface area contributed by atoms with Gasteiger partial charge in [0, 0.05) is 24.5 Å². The first kappa shape index (κ1) is 13.2. The lowest BCUT2D eigenvalue weighted by Gasteiger charge is -2.29. The van der Waals surface area contributed by atoms with Gasteiger partial charge in [-0.15, -0.1) is 6.58 Å². The zero-order valence-corrected chi connectivity index (χ0v) is 10.5. The minimum absolute atomic E-state index is 0.202. The van der Waals surface area contributed by atoms with E-state index in [1.807, 2.05) is 25.7 Å². The third-order valence-corrected chi connectivity index (χ3v) is 2.51. The third kappa shape index (κ3) is 3.06. The fourth-order valence-electron chi connectivity index (χ4n) is 1.67. The summed E-state index contributed by atoms with van der Waals surface area (Å²) in [6, 6.07) is 2.00. The zero-order chi connectivity index (χ0) is 13.0. The van der Waals surface area contributed by atoms with Crippen LogP contribution in [-0.4, -0.2) is 28.6 Å². The Morgan fingerprint density at radius 1 is 1.65 bits per heavy atom. The summed E-state index contributed by atoms with van der Waals surface area (Å²) in [5, 5.41) is 9.16. The maximum atomic E-state index is 11.2. The SMILES string of the molecule is C=CCN(c1cc(C)ncc1C(=O)O)C(C)C. The number of aromatic carboxylic acids is 1. The first-order valence-corrected chi connectivity index (χ1v) is 5.54. The Kier molecular flexibility index (Phi) is 4.26. The highest BCUT2D eigenvalue weighted by atomic mass is 16.4. The van der Waals surface area contributed by atoms with E-state index in [0.717, 1.165) is 5.69 Å². The average molecular weight is 234 g/mol. The van der Waals surface area contributed by atoms with Crippen LogP contribution in [0.15, 0.2) is 24.9 Å². The number of nitrogens with zero attached hydrogens (tertiary/aromatic N) is 2. The van der Waals surface area contributed by atoms with Gasteiger partial charge in [-0.25, -0.2) is 4.79 Å². The van der Waals surface area contributed by atoms with Gasteiger partial charge in [0.2, 0.25) is 0 Å². The van der Waals surface area contributed by atoms with E-state index in [-0.39, 0.29) is 11.6 Å². The van der Waals surface area contributed by atoms with Crippen LogP contribution in [0.25, 0.3) is 0 Å². The van der Waals surface area contributed by atoms with Crippen LogP contribution in [0, 0.1) is 6.92 Å². The van der Waals surface area contributed by atoms with Gasteiger partial charge < -0.3 is 10.0 Å². The Hall–Kier alpha value is -1.84. The van der Waals surface area contributed by atoms with Crippen LogP contribution in [-0.2, 0) is 0 Å². The molecule has 0 bridgehead atoms. The van der Waals surface area contributed by atoms with Crippen LogP contribution in [0.1, 0.15) is 29.9 Å². The Morgan fingerprint density at radius 3 is 2.76 bits per heavy atom. The lowest BCUT2D eigenvalue weighted by atomic mass is 10.1. The van der Waals surface area contributed by atoms with E-state index in [2.05, 4.69) is 11.6 Å². The molecule has 1 aromatic rings. The number of rotatable bonds is 5. The van der Waals surface area contributed by atoms with Crippen molar-refractivity contribution in [2.24, 2.45) is 0 Å². The number of aromatic nitrogens is 1. The van der Waals surface area contributed by atoms with Gasteiger partial charge in [-0.1, -0.05) is 6.08 Å². The predicted octanol–water partition coefficient (Wildman–Crippen LogP) is 2.49. The molecule has 92 valence electrons. The normalized spacial score (nSPS) is 10.4. The van der Waals surface area contributed by atoms with Gasteiger partial charge in [0.15, 0.2) is 0 Å². The molecule has 0 aliphatic carbocycles. The predicted molar refractivity (Wildman–Crippen MR) is 68.6 cm³/mol. The van der Waals surface area contributed by atoms with Crippen LogP contribution >= 0.6 is 0 Å². The highest BCUT2D eigenvalue weighted by Crippen LogP contribution is 2.23. The second-order valence-corrected chi connectivity index (χ2v) is 4.18. The number of hydrogen-bond donors (Lipinski definition) is 1. The van der Waals surface area contributed by atoms with Crippen molar-refractivity contribution in [2.75, 3.05) is 11.4 Å². The molecular formula is C13H18N2O2. The van der Waals surface area contributed by atoms with Crippen LogP contribution in [0.3, 0.4) is 0 Å². The van der Waals surface area contributed by atoms with Gasteiger partial charge in [-0.3, -0.25) is 4.98 Å². The molecule has 17 heavy (non-hydrogen) atoms. The standard InChI is InChI=1S/C13H18N2O2/c1-5-6-15(9(2)3)12-7-10(4)14-8-11(12)13(16)17/h5,7-9H,1,6H2,2-4H3,(H,16,17). The second kappa shape index (κ2) is 5.48. The van der Waals surface area contributed by atoms with Crippen molar-refractivity contribution in [3.63, 3.8) is 0 Å².